The number of benzene rings is 3. The number of hydrogen-bond donors (Lipinski definition) is 1. The Bertz CT molecular complexity index is 1310. The van der Waals surface area contributed by atoms with Crippen LogP contribution in [0.15, 0.2) is 72.3 Å². The van der Waals surface area contributed by atoms with Crippen molar-refractivity contribution in [3.05, 3.63) is 89.0 Å². The van der Waals surface area contributed by atoms with Crippen molar-refractivity contribution in [1.29, 1.82) is 0 Å². The molecule has 8 nitrogen and oxygen atoms in total. The Labute approximate surface area is 215 Å². The van der Waals surface area contributed by atoms with Gasteiger partial charge in [0.2, 0.25) is 0 Å². The lowest BCUT2D eigenvalue weighted by atomic mass is 9.95. The second kappa shape index (κ2) is 11.1. The average molecular weight is 504 g/mol. The molecule has 1 aliphatic rings. The fourth-order valence-electron chi connectivity index (χ4n) is 4.43. The van der Waals surface area contributed by atoms with Crippen LogP contribution in [0.4, 0.5) is 0 Å². The molecule has 0 spiro atoms. The molecule has 0 radical (unpaired) electrons. The number of carbonyl (C=O) groups excluding carboxylic acids is 2. The van der Waals surface area contributed by atoms with Crippen LogP contribution in [0.1, 0.15) is 22.7 Å². The molecule has 192 valence electrons. The first-order valence-corrected chi connectivity index (χ1v) is 11.7. The van der Waals surface area contributed by atoms with Gasteiger partial charge in [-0.2, -0.15) is 0 Å². The number of Topliss-reactive ketones (excluding diaryl/α,β-unsaturated/α-hetero) is 1. The molecular formula is C29H29NO7. The Hall–Kier alpha value is -4.46. The van der Waals surface area contributed by atoms with Gasteiger partial charge in [-0.05, 0) is 66.1 Å². The third-order valence-corrected chi connectivity index (χ3v) is 6.42. The molecule has 8 heteroatoms. The van der Waals surface area contributed by atoms with E-state index < -0.39 is 17.7 Å². The summed E-state index contributed by atoms with van der Waals surface area (Å²) in [6.07, 6.45) is 0.461. The van der Waals surface area contributed by atoms with E-state index >= 15 is 0 Å². The number of likely N-dealkylation sites (tertiary alicyclic amines) is 1. The number of aliphatic hydroxyl groups excluding tert-OH is 1. The van der Waals surface area contributed by atoms with E-state index in [-0.39, 0.29) is 17.9 Å². The molecule has 4 rings (SSSR count). The zero-order valence-corrected chi connectivity index (χ0v) is 21.2. The maximum absolute atomic E-state index is 13.3. The molecule has 1 fully saturated rings. The van der Waals surface area contributed by atoms with Crippen LogP contribution in [0.25, 0.3) is 5.76 Å². The Morgan fingerprint density at radius 2 is 1.38 bits per heavy atom. The maximum Gasteiger partial charge on any atom is 0.295 e. The summed E-state index contributed by atoms with van der Waals surface area (Å²) >= 11 is 0. The Balaban J connectivity index is 1.73. The van der Waals surface area contributed by atoms with E-state index in [2.05, 4.69) is 0 Å². The minimum absolute atomic E-state index is 0.0349. The minimum atomic E-state index is -0.770. The third kappa shape index (κ3) is 5.09. The number of carbonyl (C=O) groups is 2. The van der Waals surface area contributed by atoms with Gasteiger partial charge in [-0.1, -0.05) is 18.2 Å². The van der Waals surface area contributed by atoms with Crippen LogP contribution in [0.5, 0.6) is 23.0 Å². The molecule has 3 aromatic carbocycles. The first kappa shape index (κ1) is 25.6. The van der Waals surface area contributed by atoms with Crippen molar-refractivity contribution in [3.63, 3.8) is 0 Å². The van der Waals surface area contributed by atoms with E-state index in [0.717, 1.165) is 5.56 Å². The van der Waals surface area contributed by atoms with Crippen molar-refractivity contribution in [3.8, 4) is 23.0 Å². The molecule has 37 heavy (non-hydrogen) atoms. The Morgan fingerprint density at radius 3 is 1.95 bits per heavy atom. The van der Waals surface area contributed by atoms with E-state index in [0.29, 0.717) is 40.5 Å². The van der Waals surface area contributed by atoms with Crippen LogP contribution in [0.2, 0.25) is 0 Å². The zero-order valence-electron chi connectivity index (χ0n) is 21.2. The molecule has 1 atom stereocenters. The van der Waals surface area contributed by atoms with Crippen molar-refractivity contribution in [1.82, 2.24) is 4.90 Å². The van der Waals surface area contributed by atoms with Gasteiger partial charge in [0.15, 0.2) is 11.5 Å². The van der Waals surface area contributed by atoms with E-state index in [1.54, 1.807) is 83.0 Å². The number of aliphatic hydroxyl groups is 1. The Morgan fingerprint density at radius 1 is 0.784 bits per heavy atom. The molecule has 0 aliphatic carbocycles. The third-order valence-electron chi connectivity index (χ3n) is 6.42. The molecular weight excluding hydrogens is 474 g/mol. The molecule has 0 aromatic heterocycles. The van der Waals surface area contributed by atoms with Gasteiger partial charge in [0.25, 0.3) is 11.7 Å². The van der Waals surface area contributed by atoms with Gasteiger partial charge >= 0.3 is 0 Å². The van der Waals surface area contributed by atoms with Gasteiger partial charge in [0.05, 0.1) is 40.1 Å². The number of ketones is 1. The molecule has 0 bridgehead atoms. The predicted octanol–water partition coefficient (Wildman–Crippen LogP) is 4.39. The van der Waals surface area contributed by atoms with E-state index in [1.165, 1.54) is 4.90 Å². The topological polar surface area (TPSA) is 94.5 Å². The summed E-state index contributed by atoms with van der Waals surface area (Å²) < 4.78 is 21.2. The number of methoxy groups -OCH3 is 4. The van der Waals surface area contributed by atoms with Gasteiger partial charge in [0, 0.05) is 12.1 Å². The van der Waals surface area contributed by atoms with Gasteiger partial charge in [0.1, 0.15) is 17.3 Å². The van der Waals surface area contributed by atoms with Gasteiger partial charge in [-0.3, -0.25) is 9.59 Å². The van der Waals surface area contributed by atoms with Crippen molar-refractivity contribution in [2.24, 2.45) is 0 Å². The molecule has 1 amide bonds. The van der Waals surface area contributed by atoms with Crippen LogP contribution in [-0.4, -0.2) is 56.7 Å². The van der Waals surface area contributed by atoms with Crippen LogP contribution >= 0.6 is 0 Å². The summed E-state index contributed by atoms with van der Waals surface area (Å²) in [6.45, 7) is 0.246. The SMILES string of the molecule is COc1ccc(C(O)=C2C(=O)C(=O)N(CCc3ccc(OC)c(OC)c3)[C@@H]2c2ccc(OC)cc2)cc1. The number of nitrogens with zero attached hydrogens (tertiary/aromatic N) is 1. The van der Waals surface area contributed by atoms with Gasteiger partial charge < -0.3 is 29.0 Å². The van der Waals surface area contributed by atoms with E-state index in [4.69, 9.17) is 18.9 Å². The lowest BCUT2D eigenvalue weighted by molar-refractivity contribution is -0.139. The second-order valence-corrected chi connectivity index (χ2v) is 8.43. The highest BCUT2D eigenvalue weighted by Gasteiger charge is 2.45. The summed E-state index contributed by atoms with van der Waals surface area (Å²) in [5.74, 6) is 0.783. The average Bonchev–Trinajstić information content (AvgIpc) is 3.20. The fraction of sp³-hybridized carbons (Fsp3) is 0.241. The standard InChI is InChI=1S/C29H29NO7/c1-34-21-10-6-19(7-11-21)26-25(27(31)20-8-12-22(35-2)13-9-20)28(32)29(33)30(26)16-15-18-5-14-23(36-3)24(17-18)37-4/h5-14,17,26,31H,15-16H2,1-4H3/t26-/m1/s1. The van der Waals surface area contributed by atoms with Crippen LogP contribution in [-0.2, 0) is 16.0 Å². The highest BCUT2D eigenvalue weighted by Crippen LogP contribution is 2.40. The summed E-state index contributed by atoms with van der Waals surface area (Å²) in [5, 5.41) is 11.2. The number of rotatable bonds is 9. The second-order valence-electron chi connectivity index (χ2n) is 8.43. The first-order chi connectivity index (χ1) is 17.9. The number of ether oxygens (including phenoxy) is 4. The predicted molar refractivity (Wildman–Crippen MR) is 138 cm³/mol. The first-order valence-electron chi connectivity index (χ1n) is 11.7. The van der Waals surface area contributed by atoms with Crippen molar-refractivity contribution >= 4 is 17.4 Å². The lowest BCUT2D eigenvalue weighted by Gasteiger charge is -2.25. The summed E-state index contributed by atoms with van der Waals surface area (Å²) in [7, 11) is 6.23. The smallest absolute Gasteiger partial charge is 0.295 e. The van der Waals surface area contributed by atoms with Crippen molar-refractivity contribution in [2.45, 2.75) is 12.5 Å². The van der Waals surface area contributed by atoms with Crippen LogP contribution in [0.3, 0.4) is 0 Å². The van der Waals surface area contributed by atoms with Gasteiger partial charge in [-0.25, -0.2) is 0 Å². The molecule has 0 unspecified atom stereocenters. The molecule has 1 aliphatic heterocycles. The minimum Gasteiger partial charge on any atom is -0.507 e. The lowest BCUT2D eigenvalue weighted by Crippen LogP contribution is -2.31. The largest absolute Gasteiger partial charge is 0.507 e. The highest BCUT2D eigenvalue weighted by molar-refractivity contribution is 6.46. The Kier molecular flexibility index (Phi) is 7.67. The number of hydrogen-bond acceptors (Lipinski definition) is 7. The number of amides is 1. The zero-order chi connectivity index (χ0) is 26.5. The van der Waals surface area contributed by atoms with E-state index in [9.17, 15) is 14.7 Å². The summed E-state index contributed by atoms with van der Waals surface area (Å²) in [6, 6.07) is 18.5. The summed E-state index contributed by atoms with van der Waals surface area (Å²) in [5.41, 5.74) is 2.04. The van der Waals surface area contributed by atoms with Crippen LogP contribution < -0.4 is 18.9 Å². The monoisotopic (exact) mass is 503 g/mol. The highest BCUT2D eigenvalue weighted by atomic mass is 16.5. The van der Waals surface area contributed by atoms with E-state index in [1.807, 2.05) is 12.1 Å². The molecule has 1 N–H and O–H groups in total. The maximum atomic E-state index is 13.3. The van der Waals surface area contributed by atoms with Crippen molar-refractivity contribution in [2.75, 3.05) is 35.0 Å². The van der Waals surface area contributed by atoms with Crippen molar-refractivity contribution < 1.29 is 33.6 Å². The molecule has 1 heterocycles. The molecule has 3 aromatic rings. The molecule has 1 saturated heterocycles. The van der Waals surface area contributed by atoms with Crippen LogP contribution in [0, 0.1) is 0 Å². The quantitative estimate of drug-likeness (QED) is 0.263. The summed E-state index contributed by atoms with van der Waals surface area (Å²) in [4.78, 5) is 28.0. The normalized spacial score (nSPS) is 16.5. The molecule has 0 saturated carbocycles. The fourth-order valence-corrected chi connectivity index (χ4v) is 4.43. The van der Waals surface area contributed by atoms with Gasteiger partial charge in [-0.15, -0.1) is 0 Å².